The number of hydrogen-bond donors (Lipinski definition) is 2. The molecule has 5 heteroatoms. The molecule has 0 aliphatic carbocycles. The van der Waals surface area contributed by atoms with Gasteiger partial charge in [-0.2, -0.15) is 0 Å². The van der Waals surface area contributed by atoms with Crippen LogP contribution < -0.4 is 10.1 Å². The van der Waals surface area contributed by atoms with Crippen LogP contribution in [0.2, 0.25) is 0 Å². The van der Waals surface area contributed by atoms with Crippen LogP contribution in [0.4, 0.5) is 4.79 Å². The van der Waals surface area contributed by atoms with Gasteiger partial charge in [-0.1, -0.05) is 6.07 Å². The molecular formula is C12H15NO4. The van der Waals surface area contributed by atoms with Crippen molar-refractivity contribution in [2.45, 2.75) is 19.4 Å². The molecule has 0 bridgehead atoms. The molecule has 1 amide bonds. The fourth-order valence-electron chi connectivity index (χ4n) is 1.79. The average Bonchev–Trinajstić information content (AvgIpc) is 2.32. The minimum absolute atomic E-state index is 0.0870. The van der Waals surface area contributed by atoms with Gasteiger partial charge in [0.2, 0.25) is 0 Å². The van der Waals surface area contributed by atoms with Gasteiger partial charge in [-0.15, -0.1) is 0 Å². The second kappa shape index (κ2) is 4.95. The van der Waals surface area contributed by atoms with E-state index in [9.17, 15) is 9.90 Å². The zero-order chi connectivity index (χ0) is 12.3. The number of amides is 1. The molecule has 17 heavy (non-hydrogen) atoms. The maximum absolute atomic E-state index is 11.1. The Morgan fingerprint density at radius 3 is 3.12 bits per heavy atom. The number of cyclic esters (lactones) is 1. The van der Waals surface area contributed by atoms with Crippen LogP contribution in [0, 0.1) is 0 Å². The summed E-state index contributed by atoms with van der Waals surface area (Å²) in [5.41, 5.74) is 0.905. The molecule has 1 aromatic carbocycles. The van der Waals surface area contributed by atoms with Gasteiger partial charge in [-0.05, 0) is 24.6 Å². The maximum Gasteiger partial charge on any atom is 0.407 e. The lowest BCUT2D eigenvalue weighted by molar-refractivity contribution is 0.115. The molecule has 0 radical (unpaired) electrons. The summed E-state index contributed by atoms with van der Waals surface area (Å²) >= 11 is 0. The second-order valence-corrected chi connectivity index (χ2v) is 3.78. The Hall–Kier alpha value is -1.91. The standard InChI is InChI=1S/C12H15NO4/c1-2-16-11-7-8(3-4-10(11)14)9-5-6-17-12(15)13-9/h3-4,7,9,14H,2,5-6H2,1H3,(H,13,15)/t9-/m0/s1. The van der Waals surface area contributed by atoms with E-state index in [1.165, 1.54) is 0 Å². The number of aromatic hydroxyl groups is 1. The maximum atomic E-state index is 11.1. The number of hydrogen-bond acceptors (Lipinski definition) is 4. The summed E-state index contributed by atoms with van der Waals surface area (Å²) in [5.74, 6) is 0.541. The molecule has 0 spiro atoms. The Balaban J connectivity index is 2.20. The van der Waals surface area contributed by atoms with Gasteiger partial charge in [0.05, 0.1) is 19.3 Å². The Bertz CT molecular complexity index is 419. The molecule has 92 valence electrons. The summed E-state index contributed by atoms with van der Waals surface area (Å²) in [6, 6.07) is 5.00. The van der Waals surface area contributed by atoms with E-state index < -0.39 is 6.09 Å². The van der Waals surface area contributed by atoms with E-state index in [-0.39, 0.29) is 11.8 Å². The van der Waals surface area contributed by atoms with Gasteiger partial charge in [0, 0.05) is 6.42 Å². The highest BCUT2D eigenvalue weighted by molar-refractivity contribution is 5.68. The van der Waals surface area contributed by atoms with E-state index >= 15 is 0 Å². The van der Waals surface area contributed by atoms with Gasteiger partial charge in [0.15, 0.2) is 11.5 Å². The number of carbonyl (C=O) groups is 1. The first-order valence-corrected chi connectivity index (χ1v) is 5.59. The zero-order valence-corrected chi connectivity index (χ0v) is 9.60. The van der Waals surface area contributed by atoms with Crippen molar-refractivity contribution in [3.63, 3.8) is 0 Å². The molecule has 1 aliphatic rings. The van der Waals surface area contributed by atoms with Gasteiger partial charge in [-0.3, -0.25) is 0 Å². The fourth-order valence-corrected chi connectivity index (χ4v) is 1.79. The van der Waals surface area contributed by atoms with Gasteiger partial charge >= 0.3 is 6.09 Å². The number of alkyl carbamates (subject to hydrolysis) is 1. The van der Waals surface area contributed by atoms with Crippen LogP contribution in [0.3, 0.4) is 0 Å². The van der Waals surface area contributed by atoms with Crippen LogP contribution in [-0.4, -0.2) is 24.4 Å². The summed E-state index contributed by atoms with van der Waals surface area (Å²) in [7, 11) is 0. The van der Waals surface area contributed by atoms with Gasteiger partial charge < -0.3 is 19.9 Å². The molecule has 1 fully saturated rings. The number of phenolic OH excluding ortho intramolecular Hbond substituents is 1. The third-order valence-corrected chi connectivity index (χ3v) is 2.62. The van der Waals surface area contributed by atoms with Gasteiger partial charge in [-0.25, -0.2) is 4.79 Å². The average molecular weight is 237 g/mol. The molecule has 1 atom stereocenters. The number of rotatable bonds is 3. The predicted molar refractivity (Wildman–Crippen MR) is 61.1 cm³/mol. The Morgan fingerprint density at radius 1 is 1.59 bits per heavy atom. The highest BCUT2D eigenvalue weighted by Crippen LogP contribution is 2.31. The molecule has 1 aliphatic heterocycles. The van der Waals surface area contributed by atoms with Crippen LogP contribution in [0.25, 0.3) is 0 Å². The van der Waals surface area contributed by atoms with Crippen molar-refractivity contribution >= 4 is 6.09 Å². The largest absolute Gasteiger partial charge is 0.504 e. The van der Waals surface area contributed by atoms with E-state index in [2.05, 4.69) is 5.32 Å². The van der Waals surface area contributed by atoms with Crippen molar-refractivity contribution in [1.82, 2.24) is 5.32 Å². The highest BCUT2D eigenvalue weighted by atomic mass is 16.5. The second-order valence-electron chi connectivity index (χ2n) is 3.78. The van der Waals surface area contributed by atoms with Crippen molar-refractivity contribution in [2.75, 3.05) is 13.2 Å². The van der Waals surface area contributed by atoms with Crippen LogP contribution in [0.5, 0.6) is 11.5 Å². The fraction of sp³-hybridized carbons (Fsp3) is 0.417. The first-order valence-electron chi connectivity index (χ1n) is 5.59. The van der Waals surface area contributed by atoms with Crippen molar-refractivity contribution in [3.8, 4) is 11.5 Å². The van der Waals surface area contributed by atoms with Gasteiger partial charge in [0.1, 0.15) is 0 Å². The van der Waals surface area contributed by atoms with Crippen LogP contribution in [0.1, 0.15) is 24.9 Å². The SMILES string of the molecule is CCOc1cc([C@@H]2CCOC(=O)N2)ccc1O. The Kier molecular flexibility index (Phi) is 3.37. The van der Waals surface area contributed by atoms with E-state index in [1.54, 1.807) is 18.2 Å². The molecule has 0 unspecified atom stereocenters. The molecular weight excluding hydrogens is 222 g/mol. The summed E-state index contributed by atoms with van der Waals surface area (Å²) < 4.78 is 10.1. The topological polar surface area (TPSA) is 67.8 Å². The number of ether oxygens (including phenoxy) is 2. The number of phenols is 1. The summed E-state index contributed by atoms with van der Waals surface area (Å²) in [5, 5.41) is 12.3. The van der Waals surface area contributed by atoms with Crippen molar-refractivity contribution in [3.05, 3.63) is 23.8 Å². The van der Waals surface area contributed by atoms with E-state index in [0.29, 0.717) is 25.4 Å². The predicted octanol–water partition coefficient (Wildman–Crippen LogP) is 1.96. The monoisotopic (exact) mass is 237 g/mol. The lowest BCUT2D eigenvalue weighted by Gasteiger charge is -2.24. The molecule has 5 nitrogen and oxygen atoms in total. The van der Waals surface area contributed by atoms with Crippen LogP contribution in [0.15, 0.2) is 18.2 Å². The first kappa shape index (κ1) is 11.6. The lowest BCUT2D eigenvalue weighted by atomic mass is 10.0. The number of benzene rings is 1. The Labute approximate surface area is 99.3 Å². The van der Waals surface area contributed by atoms with Crippen LogP contribution >= 0.6 is 0 Å². The molecule has 0 saturated carbocycles. The molecule has 2 rings (SSSR count). The third-order valence-electron chi connectivity index (χ3n) is 2.62. The third kappa shape index (κ3) is 2.61. The molecule has 0 aromatic heterocycles. The van der Waals surface area contributed by atoms with Gasteiger partial charge in [0.25, 0.3) is 0 Å². The summed E-state index contributed by atoms with van der Waals surface area (Å²) in [4.78, 5) is 11.1. The van der Waals surface area contributed by atoms with E-state index in [1.807, 2.05) is 6.92 Å². The molecule has 2 N–H and O–H groups in total. The van der Waals surface area contributed by atoms with E-state index in [0.717, 1.165) is 5.56 Å². The zero-order valence-electron chi connectivity index (χ0n) is 9.60. The number of carbonyl (C=O) groups excluding carboxylic acids is 1. The Morgan fingerprint density at radius 2 is 2.41 bits per heavy atom. The first-order chi connectivity index (χ1) is 8.20. The van der Waals surface area contributed by atoms with Crippen molar-refractivity contribution in [2.24, 2.45) is 0 Å². The summed E-state index contributed by atoms with van der Waals surface area (Å²) in [6.45, 7) is 2.74. The summed E-state index contributed by atoms with van der Waals surface area (Å²) in [6.07, 6.45) is 0.300. The minimum Gasteiger partial charge on any atom is -0.504 e. The molecule has 1 saturated heterocycles. The molecule has 1 heterocycles. The molecule has 1 aromatic rings. The van der Waals surface area contributed by atoms with Crippen molar-refractivity contribution < 1.29 is 19.4 Å². The van der Waals surface area contributed by atoms with Crippen LogP contribution in [-0.2, 0) is 4.74 Å². The minimum atomic E-state index is -0.410. The van der Waals surface area contributed by atoms with Crippen molar-refractivity contribution in [1.29, 1.82) is 0 Å². The van der Waals surface area contributed by atoms with E-state index in [4.69, 9.17) is 9.47 Å². The smallest absolute Gasteiger partial charge is 0.407 e. The number of nitrogens with one attached hydrogen (secondary N) is 1. The lowest BCUT2D eigenvalue weighted by Crippen LogP contribution is -2.35. The normalized spacial score (nSPS) is 19.4. The quantitative estimate of drug-likeness (QED) is 0.843. The highest BCUT2D eigenvalue weighted by Gasteiger charge is 2.21.